The Balaban J connectivity index is 1.72. The first kappa shape index (κ1) is 17.4. The first-order valence-corrected chi connectivity index (χ1v) is 8.79. The van der Waals surface area contributed by atoms with E-state index < -0.39 is 5.54 Å². The Hall–Kier alpha value is -2.39. The molecule has 6 heteroatoms. The number of rotatable bonds is 4. The number of carbonyl (C=O) groups excluding carboxylic acids is 2. The second kappa shape index (κ2) is 6.85. The van der Waals surface area contributed by atoms with E-state index in [1.165, 1.54) is 4.90 Å². The maximum atomic E-state index is 13.0. The van der Waals surface area contributed by atoms with Gasteiger partial charge in [0.15, 0.2) is 0 Å². The molecule has 0 aliphatic carbocycles. The number of urea groups is 1. The highest BCUT2D eigenvalue weighted by molar-refractivity contribution is 6.07. The van der Waals surface area contributed by atoms with E-state index in [0.717, 1.165) is 19.6 Å². The number of likely N-dealkylation sites (tertiary alicyclic amines) is 1. The monoisotopic (exact) mass is 340 g/mol. The molecule has 1 aromatic rings. The summed E-state index contributed by atoms with van der Waals surface area (Å²) in [6.45, 7) is 7.14. The van der Waals surface area contributed by atoms with Crippen molar-refractivity contribution < 1.29 is 9.59 Å². The Bertz CT molecular complexity index is 714. The van der Waals surface area contributed by atoms with Gasteiger partial charge in [-0.05, 0) is 30.4 Å². The molecule has 2 heterocycles. The first-order valence-electron chi connectivity index (χ1n) is 8.79. The largest absolute Gasteiger partial charge is 0.325 e. The number of nitrogens with one attached hydrogen (secondary N) is 1. The summed E-state index contributed by atoms with van der Waals surface area (Å²) in [5.74, 6) is 0.427. The third kappa shape index (κ3) is 3.38. The van der Waals surface area contributed by atoms with Gasteiger partial charge in [-0.1, -0.05) is 32.0 Å². The zero-order valence-electron chi connectivity index (χ0n) is 14.8. The van der Waals surface area contributed by atoms with E-state index in [-0.39, 0.29) is 18.5 Å². The molecule has 25 heavy (non-hydrogen) atoms. The maximum Gasteiger partial charge on any atom is 0.325 e. The molecule has 1 aromatic carbocycles. The number of piperidine rings is 1. The molecule has 2 saturated heterocycles. The van der Waals surface area contributed by atoms with Gasteiger partial charge in [-0.3, -0.25) is 9.69 Å². The minimum Gasteiger partial charge on any atom is -0.323 e. The summed E-state index contributed by atoms with van der Waals surface area (Å²) in [6.07, 6.45) is 1.28. The number of nitrogens with zero attached hydrogens (tertiary/aromatic N) is 3. The van der Waals surface area contributed by atoms with Crippen molar-refractivity contribution in [3.05, 3.63) is 35.4 Å². The quantitative estimate of drug-likeness (QED) is 0.852. The lowest BCUT2D eigenvalue weighted by atomic mass is 9.87. The van der Waals surface area contributed by atoms with Gasteiger partial charge in [0.2, 0.25) is 0 Å². The van der Waals surface area contributed by atoms with Crippen LogP contribution in [0.25, 0.3) is 0 Å². The number of benzene rings is 1. The highest BCUT2D eigenvalue weighted by Gasteiger charge is 2.52. The van der Waals surface area contributed by atoms with Gasteiger partial charge < -0.3 is 10.2 Å². The molecule has 2 aliphatic heterocycles. The molecule has 0 radical (unpaired) electrons. The molecule has 1 N–H and O–H groups in total. The molecule has 1 spiro atoms. The van der Waals surface area contributed by atoms with Crippen molar-refractivity contribution in [1.82, 2.24) is 15.1 Å². The first-order chi connectivity index (χ1) is 11.9. The Kier molecular flexibility index (Phi) is 4.78. The van der Waals surface area contributed by atoms with Crippen molar-refractivity contribution in [2.75, 3.05) is 19.6 Å². The molecule has 0 saturated carbocycles. The predicted molar refractivity (Wildman–Crippen MR) is 93.5 cm³/mol. The van der Waals surface area contributed by atoms with Crippen LogP contribution in [0.5, 0.6) is 0 Å². The van der Waals surface area contributed by atoms with E-state index in [0.29, 0.717) is 29.9 Å². The Morgan fingerprint density at radius 1 is 1.24 bits per heavy atom. The average Bonchev–Trinajstić information content (AvgIpc) is 2.81. The van der Waals surface area contributed by atoms with Crippen LogP contribution in [-0.2, 0) is 11.3 Å². The topological polar surface area (TPSA) is 76.4 Å². The van der Waals surface area contributed by atoms with Crippen LogP contribution in [-0.4, -0.2) is 46.9 Å². The second-order valence-corrected chi connectivity index (χ2v) is 7.37. The van der Waals surface area contributed by atoms with Crippen LogP contribution in [0.3, 0.4) is 0 Å². The van der Waals surface area contributed by atoms with Crippen LogP contribution in [0, 0.1) is 17.2 Å². The van der Waals surface area contributed by atoms with Crippen molar-refractivity contribution >= 4 is 11.9 Å². The summed E-state index contributed by atoms with van der Waals surface area (Å²) in [5, 5.41) is 12.1. The van der Waals surface area contributed by atoms with E-state index in [2.05, 4.69) is 30.1 Å². The molecule has 0 aromatic heterocycles. The molecule has 6 nitrogen and oxygen atoms in total. The van der Waals surface area contributed by atoms with E-state index in [1.54, 1.807) is 18.2 Å². The van der Waals surface area contributed by atoms with Gasteiger partial charge in [-0.25, -0.2) is 4.79 Å². The third-order valence-corrected chi connectivity index (χ3v) is 5.05. The lowest BCUT2D eigenvalue weighted by molar-refractivity contribution is -0.133. The molecular weight excluding hydrogens is 316 g/mol. The predicted octanol–water partition coefficient (Wildman–Crippen LogP) is 2.10. The van der Waals surface area contributed by atoms with Crippen LogP contribution < -0.4 is 5.32 Å². The summed E-state index contributed by atoms with van der Waals surface area (Å²) in [6, 6.07) is 8.85. The standard InChI is InChI=1S/C19H24N4O2/c1-14(2)12-22-9-7-19(8-10-22)17(24)23(18(25)21-19)13-16-6-4-3-5-15(16)11-20/h3-6,14H,7-10,12-13H2,1-2H3,(H,21,25). The fourth-order valence-electron chi connectivity index (χ4n) is 3.73. The zero-order valence-corrected chi connectivity index (χ0v) is 14.8. The van der Waals surface area contributed by atoms with E-state index >= 15 is 0 Å². The molecule has 3 rings (SSSR count). The minimum atomic E-state index is -0.772. The summed E-state index contributed by atoms with van der Waals surface area (Å²) in [4.78, 5) is 29.0. The van der Waals surface area contributed by atoms with Crippen LogP contribution in [0.4, 0.5) is 4.79 Å². The van der Waals surface area contributed by atoms with Crippen molar-refractivity contribution in [3.8, 4) is 6.07 Å². The Labute approximate surface area is 148 Å². The maximum absolute atomic E-state index is 13.0. The summed E-state index contributed by atoms with van der Waals surface area (Å²) in [5.41, 5.74) is 0.421. The molecule has 132 valence electrons. The number of amides is 3. The number of hydrogen-bond acceptors (Lipinski definition) is 4. The fourth-order valence-corrected chi connectivity index (χ4v) is 3.73. The molecule has 0 unspecified atom stereocenters. The van der Waals surface area contributed by atoms with Crippen LogP contribution in [0.15, 0.2) is 24.3 Å². The van der Waals surface area contributed by atoms with Gasteiger partial charge in [0, 0.05) is 19.6 Å². The van der Waals surface area contributed by atoms with Gasteiger partial charge in [-0.2, -0.15) is 5.26 Å². The van der Waals surface area contributed by atoms with Gasteiger partial charge in [0.25, 0.3) is 5.91 Å². The van der Waals surface area contributed by atoms with Gasteiger partial charge >= 0.3 is 6.03 Å². The number of hydrogen-bond donors (Lipinski definition) is 1. The molecule has 3 amide bonds. The second-order valence-electron chi connectivity index (χ2n) is 7.37. The normalized spacial score (nSPS) is 20.2. The number of nitriles is 1. The highest BCUT2D eigenvalue weighted by Crippen LogP contribution is 2.31. The van der Waals surface area contributed by atoms with E-state index in [1.807, 2.05) is 6.07 Å². The lowest BCUT2D eigenvalue weighted by Crippen LogP contribution is -2.55. The van der Waals surface area contributed by atoms with Gasteiger partial charge in [0.05, 0.1) is 18.2 Å². The van der Waals surface area contributed by atoms with Crippen LogP contribution >= 0.6 is 0 Å². The fraction of sp³-hybridized carbons (Fsp3) is 0.526. The van der Waals surface area contributed by atoms with Crippen molar-refractivity contribution in [3.63, 3.8) is 0 Å². The highest BCUT2D eigenvalue weighted by atomic mass is 16.2. The van der Waals surface area contributed by atoms with Crippen LogP contribution in [0.1, 0.15) is 37.8 Å². The van der Waals surface area contributed by atoms with Crippen LogP contribution in [0.2, 0.25) is 0 Å². The lowest BCUT2D eigenvalue weighted by Gasteiger charge is -2.38. The van der Waals surface area contributed by atoms with Crippen molar-refractivity contribution in [2.24, 2.45) is 5.92 Å². The Morgan fingerprint density at radius 2 is 1.92 bits per heavy atom. The molecular formula is C19H24N4O2. The van der Waals surface area contributed by atoms with Gasteiger partial charge in [0.1, 0.15) is 5.54 Å². The smallest absolute Gasteiger partial charge is 0.323 e. The van der Waals surface area contributed by atoms with Crippen molar-refractivity contribution in [1.29, 1.82) is 5.26 Å². The number of carbonyl (C=O) groups is 2. The number of imide groups is 1. The molecule has 0 bridgehead atoms. The SMILES string of the molecule is CC(C)CN1CCC2(CC1)NC(=O)N(Cc1ccccc1C#N)C2=O. The molecule has 2 aliphatic rings. The van der Waals surface area contributed by atoms with Gasteiger partial charge in [-0.15, -0.1) is 0 Å². The summed E-state index contributed by atoms with van der Waals surface area (Å²) < 4.78 is 0. The van der Waals surface area contributed by atoms with Crippen molar-refractivity contribution in [2.45, 2.75) is 38.8 Å². The molecule has 0 atom stereocenters. The minimum absolute atomic E-state index is 0.145. The molecule has 2 fully saturated rings. The summed E-state index contributed by atoms with van der Waals surface area (Å²) >= 11 is 0. The Morgan fingerprint density at radius 3 is 2.56 bits per heavy atom. The average molecular weight is 340 g/mol. The van der Waals surface area contributed by atoms with E-state index in [9.17, 15) is 14.9 Å². The third-order valence-electron chi connectivity index (χ3n) is 5.05. The van der Waals surface area contributed by atoms with E-state index in [4.69, 9.17) is 0 Å². The zero-order chi connectivity index (χ0) is 18.0. The summed E-state index contributed by atoms with van der Waals surface area (Å²) in [7, 11) is 0.